The Hall–Kier alpha value is -1.88. The molecule has 5 heteroatoms. The van der Waals surface area contributed by atoms with Gasteiger partial charge < -0.3 is 10.5 Å². The molecule has 3 nitrogen and oxygen atoms in total. The van der Waals surface area contributed by atoms with Gasteiger partial charge in [-0.2, -0.15) is 0 Å². The van der Waals surface area contributed by atoms with Gasteiger partial charge in [0.15, 0.2) is 0 Å². The maximum atomic E-state index is 13.3. The summed E-state index contributed by atoms with van der Waals surface area (Å²) in [6.07, 6.45) is 0. The summed E-state index contributed by atoms with van der Waals surface area (Å²) in [7, 11) is 0. The molecule has 0 saturated carbocycles. The highest BCUT2D eigenvalue weighted by molar-refractivity contribution is 9.10. The lowest BCUT2D eigenvalue weighted by Crippen LogP contribution is -2.11. The van der Waals surface area contributed by atoms with Crippen molar-refractivity contribution in [2.75, 3.05) is 0 Å². The fourth-order valence-electron chi connectivity index (χ4n) is 1.74. The molecule has 0 bridgehead atoms. The van der Waals surface area contributed by atoms with Crippen LogP contribution in [0, 0.1) is 12.7 Å². The van der Waals surface area contributed by atoms with E-state index in [1.165, 1.54) is 6.07 Å². The van der Waals surface area contributed by atoms with Gasteiger partial charge in [-0.25, -0.2) is 4.39 Å². The Kier molecular flexibility index (Phi) is 4.39. The van der Waals surface area contributed by atoms with E-state index in [0.717, 1.165) is 11.1 Å². The van der Waals surface area contributed by atoms with Gasteiger partial charge in [0.25, 0.3) is 0 Å². The molecule has 2 aromatic carbocycles. The minimum atomic E-state index is -0.462. The van der Waals surface area contributed by atoms with Gasteiger partial charge in [-0.15, -0.1) is 0 Å². The van der Waals surface area contributed by atoms with Crippen LogP contribution in [0.1, 0.15) is 21.5 Å². The van der Waals surface area contributed by atoms with Crippen LogP contribution in [0.15, 0.2) is 40.9 Å². The van der Waals surface area contributed by atoms with E-state index in [2.05, 4.69) is 15.9 Å². The number of aryl methyl sites for hydroxylation is 1. The summed E-state index contributed by atoms with van der Waals surface area (Å²) in [4.78, 5) is 11.1. The van der Waals surface area contributed by atoms with E-state index in [1.807, 2.05) is 6.92 Å². The highest BCUT2D eigenvalue weighted by Crippen LogP contribution is 2.22. The molecule has 0 spiro atoms. The fraction of sp³-hybridized carbons (Fsp3) is 0.133. The van der Waals surface area contributed by atoms with Gasteiger partial charge in [0, 0.05) is 11.6 Å². The lowest BCUT2D eigenvalue weighted by Gasteiger charge is -2.10. The second-order valence-corrected chi connectivity index (χ2v) is 5.22. The van der Waals surface area contributed by atoms with Gasteiger partial charge in [-0.05, 0) is 58.2 Å². The average molecular weight is 338 g/mol. The summed E-state index contributed by atoms with van der Waals surface area (Å²) in [5.41, 5.74) is 7.49. The third-order valence-corrected chi connectivity index (χ3v) is 3.56. The van der Waals surface area contributed by atoms with Gasteiger partial charge in [0.05, 0.1) is 4.47 Å². The molecule has 2 N–H and O–H groups in total. The van der Waals surface area contributed by atoms with Crippen LogP contribution < -0.4 is 10.5 Å². The molecule has 0 fully saturated rings. The number of amides is 1. The fourth-order valence-corrected chi connectivity index (χ4v) is 1.99. The van der Waals surface area contributed by atoms with E-state index in [9.17, 15) is 9.18 Å². The van der Waals surface area contributed by atoms with Crippen molar-refractivity contribution in [1.29, 1.82) is 0 Å². The zero-order valence-electron chi connectivity index (χ0n) is 10.8. The van der Waals surface area contributed by atoms with Crippen molar-refractivity contribution >= 4 is 21.8 Å². The van der Waals surface area contributed by atoms with Crippen LogP contribution in [0.2, 0.25) is 0 Å². The molecule has 20 heavy (non-hydrogen) atoms. The van der Waals surface area contributed by atoms with Crippen molar-refractivity contribution in [2.24, 2.45) is 5.73 Å². The lowest BCUT2D eigenvalue weighted by molar-refractivity contribution is 0.1000. The van der Waals surface area contributed by atoms with Crippen LogP contribution in [0.25, 0.3) is 0 Å². The Morgan fingerprint density at radius 1 is 1.30 bits per heavy atom. The van der Waals surface area contributed by atoms with Crippen LogP contribution in [0.4, 0.5) is 4.39 Å². The maximum absolute atomic E-state index is 13.3. The Morgan fingerprint density at radius 3 is 2.65 bits per heavy atom. The molecule has 1 amide bonds. The topological polar surface area (TPSA) is 52.3 Å². The molecule has 0 atom stereocenters. The van der Waals surface area contributed by atoms with Crippen molar-refractivity contribution in [3.05, 3.63) is 63.4 Å². The van der Waals surface area contributed by atoms with Crippen LogP contribution in [0.3, 0.4) is 0 Å². The van der Waals surface area contributed by atoms with Gasteiger partial charge >= 0.3 is 0 Å². The van der Waals surface area contributed by atoms with E-state index in [-0.39, 0.29) is 5.82 Å². The summed E-state index contributed by atoms with van der Waals surface area (Å²) in [6, 6.07) is 9.73. The highest BCUT2D eigenvalue weighted by Gasteiger charge is 2.06. The lowest BCUT2D eigenvalue weighted by atomic mass is 10.1. The van der Waals surface area contributed by atoms with Crippen molar-refractivity contribution < 1.29 is 13.9 Å². The minimum absolute atomic E-state index is 0.298. The molecular formula is C15H13BrFNO2. The monoisotopic (exact) mass is 337 g/mol. The summed E-state index contributed by atoms with van der Waals surface area (Å²) in [5.74, 6) is -0.386. The zero-order chi connectivity index (χ0) is 14.7. The number of nitrogens with two attached hydrogens (primary N) is 1. The number of halogens is 2. The van der Waals surface area contributed by atoms with Gasteiger partial charge in [-0.1, -0.05) is 6.07 Å². The van der Waals surface area contributed by atoms with Crippen molar-refractivity contribution in [3.8, 4) is 5.75 Å². The molecule has 0 aliphatic heterocycles. The van der Waals surface area contributed by atoms with E-state index in [4.69, 9.17) is 10.5 Å². The Bertz CT molecular complexity index is 658. The number of hydrogen-bond donors (Lipinski definition) is 1. The SMILES string of the molecule is Cc1cc(C(N)=O)ccc1COc1ccc(Br)c(F)c1. The van der Waals surface area contributed by atoms with E-state index < -0.39 is 5.91 Å². The van der Waals surface area contributed by atoms with E-state index in [0.29, 0.717) is 22.4 Å². The number of carbonyl (C=O) groups excluding carboxylic acids is 1. The molecular weight excluding hydrogens is 325 g/mol. The van der Waals surface area contributed by atoms with Gasteiger partial charge in [0.2, 0.25) is 5.91 Å². The second kappa shape index (κ2) is 6.05. The summed E-state index contributed by atoms with van der Waals surface area (Å²) < 4.78 is 19.3. The number of primary amides is 1. The molecule has 0 radical (unpaired) electrons. The normalized spacial score (nSPS) is 10.3. The average Bonchev–Trinajstić information content (AvgIpc) is 2.41. The maximum Gasteiger partial charge on any atom is 0.248 e. The molecule has 2 rings (SSSR count). The number of ether oxygens (including phenoxy) is 1. The molecule has 2 aromatic rings. The first-order chi connectivity index (χ1) is 9.47. The van der Waals surface area contributed by atoms with Crippen LogP contribution in [0.5, 0.6) is 5.75 Å². The summed E-state index contributed by atoms with van der Waals surface area (Å²) >= 11 is 3.08. The van der Waals surface area contributed by atoms with Crippen molar-refractivity contribution in [3.63, 3.8) is 0 Å². The second-order valence-electron chi connectivity index (χ2n) is 4.37. The minimum Gasteiger partial charge on any atom is -0.489 e. The van der Waals surface area contributed by atoms with E-state index in [1.54, 1.807) is 30.3 Å². The Balaban J connectivity index is 2.10. The largest absolute Gasteiger partial charge is 0.489 e. The number of rotatable bonds is 4. The third kappa shape index (κ3) is 3.36. The first-order valence-electron chi connectivity index (χ1n) is 5.94. The number of carbonyl (C=O) groups is 1. The first-order valence-corrected chi connectivity index (χ1v) is 6.74. The van der Waals surface area contributed by atoms with Crippen LogP contribution in [-0.2, 0) is 6.61 Å². The molecule has 0 heterocycles. The third-order valence-electron chi connectivity index (χ3n) is 2.91. The molecule has 0 aliphatic rings. The summed E-state index contributed by atoms with van der Waals surface area (Å²) in [5, 5.41) is 0. The van der Waals surface area contributed by atoms with E-state index >= 15 is 0 Å². The highest BCUT2D eigenvalue weighted by atomic mass is 79.9. The Morgan fingerprint density at radius 2 is 2.05 bits per heavy atom. The predicted octanol–water partition coefficient (Wildman–Crippen LogP) is 3.57. The number of hydrogen-bond acceptors (Lipinski definition) is 2. The Labute approximate surface area is 124 Å². The first kappa shape index (κ1) is 14.5. The summed E-state index contributed by atoms with van der Waals surface area (Å²) in [6.45, 7) is 2.17. The quantitative estimate of drug-likeness (QED) is 0.927. The molecule has 0 aromatic heterocycles. The standard InChI is InChI=1S/C15H13BrFNO2/c1-9-6-10(15(18)19)2-3-11(9)8-20-12-4-5-13(16)14(17)7-12/h2-7H,8H2,1H3,(H2,18,19). The predicted molar refractivity (Wildman–Crippen MR) is 78.1 cm³/mol. The molecule has 0 saturated heterocycles. The van der Waals surface area contributed by atoms with Gasteiger partial charge in [0.1, 0.15) is 18.2 Å². The number of benzene rings is 2. The zero-order valence-corrected chi connectivity index (χ0v) is 12.4. The van der Waals surface area contributed by atoms with Gasteiger partial charge in [-0.3, -0.25) is 4.79 Å². The van der Waals surface area contributed by atoms with Crippen molar-refractivity contribution in [2.45, 2.75) is 13.5 Å². The molecule has 0 unspecified atom stereocenters. The molecule has 104 valence electrons. The van der Waals surface area contributed by atoms with Crippen LogP contribution >= 0.6 is 15.9 Å². The van der Waals surface area contributed by atoms with Crippen LogP contribution in [-0.4, -0.2) is 5.91 Å². The molecule has 0 aliphatic carbocycles. The van der Waals surface area contributed by atoms with Crippen molar-refractivity contribution in [1.82, 2.24) is 0 Å². The smallest absolute Gasteiger partial charge is 0.248 e.